The minimum Gasteiger partial charge on any atom is -0.294 e. The first-order valence-corrected chi connectivity index (χ1v) is 6.00. The van der Waals surface area contributed by atoms with Crippen molar-refractivity contribution in [3.05, 3.63) is 35.4 Å². The molecule has 0 atom stereocenters. The highest BCUT2D eigenvalue weighted by Gasteiger charge is 2.22. The molecule has 0 fully saturated rings. The number of rotatable bonds is 4. The van der Waals surface area contributed by atoms with E-state index in [4.69, 9.17) is 11.6 Å². The lowest BCUT2D eigenvalue weighted by atomic mass is 9.86. The second kappa shape index (κ2) is 5.46. The number of Topliss-reactive ketones (excluding diaryl/α,β-unsaturated/α-hetero) is 1. The number of aryl methyl sites for hydroxylation is 1. The molecule has 0 saturated carbocycles. The molecular weight excluding hydrogens is 236 g/mol. The second-order valence-electron chi connectivity index (χ2n) is 5.13. The maximum atomic E-state index is 12.0. The van der Waals surface area contributed by atoms with Crippen molar-refractivity contribution in [3.8, 4) is 0 Å². The number of hydrogen-bond donors (Lipinski definition) is 0. The Hall–Kier alpha value is -1.15. The Labute approximate surface area is 107 Å². The van der Waals surface area contributed by atoms with Crippen molar-refractivity contribution < 1.29 is 9.59 Å². The molecule has 0 radical (unpaired) electrons. The van der Waals surface area contributed by atoms with Crippen molar-refractivity contribution in [2.24, 2.45) is 5.41 Å². The molecule has 0 spiro atoms. The molecule has 3 heteroatoms. The summed E-state index contributed by atoms with van der Waals surface area (Å²) in [6, 6.07) is 7.36. The Morgan fingerprint density at radius 3 is 2.06 bits per heavy atom. The third kappa shape index (κ3) is 4.31. The van der Waals surface area contributed by atoms with Gasteiger partial charge in [-0.1, -0.05) is 45.0 Å². The molecule has 1 aromatic rings. The van der Waals surface area contributed by atoms with Crippen LogP contribution in [-0.4, -0.2) is 11.0 Å². The summed E-state index contributed by atoms with van der Waals surface area (Å²) < 4.78 is 0. The number of carbonyl (C=O) groups is 2. The minimum absolute atomic E-state index is 0.123. The maximum Gasteiger partial charge on any atom is 0.221 e. The largest absolute Gasteiger partial charge is 0.294 e. The molecule has 0 bridgehead atoms. The van der Waals surface area contributed by atoms with Crippen LogP contribution in [0.25, 0.3) is 0 Å². The van der Waals surface area contributed by atoms with Gasteiger partial charge in [0.15, 0.2) is 5.78 Å². The summed E-state index contributed by atoms with van der Waals surface area (Å²) in [5, 5.41) is -0.333. The Bertz CT molecular complexity index is 413. The monoisotopic (exact) mass is 252 g/mol. The van der Waals surface area contributed by atoms with Gasteiger partial charge >= 0.3 is 0 Å². The smallest absolute Gasteiger partial charge is 0.221 e. The molecule has 0 aliphatic carbocycles. The van der Waals surface area contributed by atoms with E-state index in [2.05, 4.69) is 0 Å². The fourth-order valence-corrected chi connectivity index (χ4v) is 1.59. The lowest BCUT2D eigenvalue weighted by molar-refractivity contribution is -0.111. The van der Waals surface area contributed by atoms with Gasteiger partial charge in [0.2, 0.25) is 5.24 Å². The quantitative estimate of drug-likeness (QED) is 0.606. The Morgan fingerprint density at radius 1 is 1.12 bits per heavy atom. The summed E-state index contributed by atoms with van der Waals surface area (Å²) in [7, 11) is 0. The van der Waals surface area contributed by atoms with E-state index < -0.39 is 0 Å². The van der Waals surface area contributed by atoms with Gasteiger partial charge in [-0.15, -0.1) is 0 Å². The standard InChI is InChI=1S/C14H17ClO2/c1-14(2,3)13(17)11-7-4-10(5-8-11)6-9-12(15)16/h4-5,7-8H,6,9H2,1-3H3. The molecule has 1 aromatic carbocycles. The molecule has 0 aliphatic rings. The van der Waals surface area contributed by atoms with Crippen molar-refractivity contribution in [2.45, 2.75) is 33.6 Å². The zero-order valence-corrected chi connectivity index (χ0v) is 11.2. The van der Waals surface area contributed by atoms with Crippen LogP contribution in [0.2, 0.25) is 0 Å². The summed E-state index contributed by atoms with van der Waals surface area (Å²) in [6.45, 7) is 5.69. The molecule has 92 valence electrons. The minimum atomic E-state index is -0.367. The summed E-state index contributed by atoms with van der Waals surface area (Å²) in [6.07, 6.45) is 0.945. The molecule has 0 aliphatic heterocycles. The Balaban J connectivity index is 2.75. The van der Waals surface area contributed by atoms with Gasteiger partial charge in [0, 0.05) is 17.4 Å². The molecule has 0 amide bonds. The van der Waals surface area contributed by atoms with Crippen molar-refractivity contribution in [3.63, 3.8) is 0 Å². The van der Waals surface area contributed by atoms with E-state index in [9.17, 15) is 9.59 Å². The van der Waals surface area contributed by atoms with Gasteiger partial charge < -0.3 is 0 Å². The van der Waals surface area contributed by atoms with Crippen LogP contribution in [0.4, 0.5) is 0 Å². The van der Waals surface area contributed by atoms with E-state index in [-0.39, 0.29) is 16.4 Å². The molecule has 1 rings (SSSR count). The highest BCUT2D eigenvalue weighted by molar-refractivity contribution is 6.63. The van der Waals surface area contributed by atoms with Crippen molar-refractivity contribution in [1.29, 1.82) is 0 Å². The van der Waals surface area contributed by atoms with Gasteiger partial charge in [-0.25, -0.2) is 0 Å². The van der Waals surface area contributed by atoms with Gasteiger partial charge in [-0.2, -0.15) is 0 Å². The average Bonchev–Trinajstić information content (AvgIpc) is 2.25. The van der Waals surface area contributed by atoms with Gasteiger partial charge in [0.1, 0.15) is 0 Å². The highest BCUT2D eigenvalue weighted by atomic mass is 35.5. The van der Waals surface area contributed by atoms with Crippen LogP contribution >= 0.6 is 11.6 Å². The second-order valence-corrected chi connectivity index (χ2v) is 5.55. The van der Waals surface area contributed by atoms with Crippen molar-refractivity contribution >= 4 is 22.6 Å². The van der Waals surface area contributed by atoms with Crippen LogP contribution in [0, 0.1) is 5.41 Å². The summed E-state index contributed by atoms with van der Waals surface area (Å²) >= 11 is 5.28. The molecule has 0 aromatic heterocycles. The lowest BCUT2D eigenvalue weighted by Gasteiger charge is -2.16. The third-order valence-corrected chi connectivity index (χ3v) is 2.70. The highest BCUT2D eigenvalue weighted by Crippen LogP contribution is 2.21. The number of halogens is 1. The third-order valence-electron chi connectivity index (χ3n) is 2.51. The fraction of sp³-hybridized carbons (Fsp3) is 0.429. The van der Waals surface area contributed by atoms with E-state index in [1.807, 2.05) is 45.0 Å². The molecule has 0 saturated heterocycles. The number of carbonyl (C=O) groups excluding carboxylic acids is 2. The summed E-state index contributed by atoms with van der Waals surface area (Å²) in [5.74, 6) is 0.123. The van der Waals surface area contributed by atoms with E-state index in [0.29, 0.717) is 18.4 Å². The number of benzene rings is 1. The average molecular weight is 253 g/mol. The Kier molecular flexibility index (Phi) is 4.47. The van der Waals surface area contributed by atoms with Crippen LogP contribution in [-0.2, 0) is 11.2 Å². The first kappa shape index (κ1) is 13.9. The predicted molar refractivity (Wildman–Crippen MR) is 69.4 cm³/mol. The van der Waals surface area contributed by atoms with Gasteiger partial charge in [0.05, 0.1) is 0 Å². The van der Waals surface area contributed by atoms with Crippen LogP contribution in [0.15, 0.2) is 24.3 Å². The van der Waals surface area contributed by atoms with E-state index in [1.54, 1.807) is 0 Å². The van der Waals surface area contributed by atoms with Gasteiger partial charge in [0.25, 0.3) is 0 Å². The zero-order valence-electron chi connectivity index (χ0n) is 10.4. The van der Waals surface area contributed by atoms with Crippen LogP contribution in [0.3, 0.4) is 0 Å². The maximum absolute atomic E-state index is 12.0. The number of ketones is 1. The van der Waals surface area contributed by atoms with Crippen LogP contribution in [0.1, 0.15) is 43.1 Å². The van der Waals surface area contributed by atoms with Crippen molar-refractivity contribution in [1.82, 2.24) is 0 Å². The predicted octanol–water partition coefficient (Wildman–Crippen LogP) is 3.61. The molecule has 2 nitrogen and oxygen atoms in total. The molecule has 17 heavy (non-hydrogen) atoms. The number of hydrogen-bond acceptors (Lipinski definition) is 2. The van der Waals surface area contributed by atoms with Crippen LogP contribution < -0.4 is 0 Å². The first-order valence-electron chi connectivity index (χ1n) is 5.63. The molecule has 0 heterocycles. The summed E-state index contributed by atoms with van der Waals surface area (Å²) in [5.41, 5.74) is 1.36. The van der Waals surface area contributed by atoms with Gasteiger partial charge in [-0.05, 0) is 23.6 Å². The van der Waals surface area contributed by atoms with E-state index in [0.717, 1.165) is 5.56 Å². The molecule has 0 unspecified atom stereocenters. The molecular formula is C14H17ClO2. The van der Waals surface area contributed by atoms with Gasteiger partial charge in [-0.3, -0.25) is 9.59 Å². The van der Waals surface area contributed by atoms with E-state index in [1.165, 1.54) is 0 Å². The SMILES string of the molecule is CC(C)(C)C(=O)c1ccc(CCC(=O)Cl)cc1. The Morgan fingerprint density at radius 2 is 1.65 bits per heavy atom. The van der Waals surface area contributed by atoms with Crippen LogP contribution in [0.5, 0.6) is 0 Å². The normalized spacial score (nSPS) is 11.3. The van der Waals surface area contributed by atoms with Crippen molar-refractivity contribution in [2.75, 3.05) is 0 Å². The zero-order chi connectivity index (χ0) is 13.1. The summed E-state index contributed by atoms with van der Waals surface area (Å²) in [4.78, 5) is 22.6. The van der Waals surface area contributed by atoms with E-state index >= 15 is 0 Å². The first-order chi connectivity index (χ1) is 7.80. The molecule has 0 N–H and O–H groups in total. The lowest BCUT2D eigenvalue weighted by Crippen LogP contribution is -2.20. The topological polar surface area (TPSA) is 34.1 Å². The fourth-order valence-electron chi connectivity index (χ4n) is 1.50.